The smallest absolute Gasteiger partial charge is 0.251 e. The van der Waals surface area contributed by atoms with Crippen LogP contribution in [0.4, 0.5) is 0 Å². The van der Waals surface area contributed by atoms with Gasteiger partial charge in [-0.15, -0.1) is 0 Å². The summed E-state index contributed by atoms with van der Waals surface area (Å²) >= 11 is 0. The summed E-state index contributed by atoms with van der Waals surface area (Å²) in [5.74, 6) is 0.797. The number of benzene rings is 2. The molecule has 0 aromatic heterocycles. The Bertz CT molecular complexity index is 864. The number of carbonyl (C=O) groups is 2. The number of nitrogens with one attached hydrogen (secondary N) is 2. The molecule has 0 spiro atoms. The first-order valence-corrected chi connectivity index (χ1v) is 9.90. The second-order valence-electron chi connectivity index (χ2n) is 6.84. The van der Waals surface area contributed by atoms with Gasteiger partial charge in [0.15, 0.2) is 11.5 Å². The van der Waals surface area contributed by atoms with Crippen molar-refractivity contribution in [3.63, 3.8) is 0 Å². The van der Waals surface area contributed by atoms with Gasteiger partial charge in [0.1, 0.15) is 0 Å². The normalized spacial score (nSPS) is 11.5. The van der Waals surface area contributed by atoms with Crippen LogP contribution in [0.2, 0.25) is 0 Å². The average Bonchev–Trinajstić information content (AvgIpc) is 2.69. The third-order valence-corrected chi connectivity index (χ3v) is 4.62. The van der Waals surface area contributed by atoms with Crippen molar-refractivity contribution < 1.29 is 19.1 Å². The summed E-state index contributed by atoms with van der Waals surface area (Å²) in [6, 6.07) is 10.8. The van der Waals surface area contributed by atoms with Crippen LogP contribution in [0.5, 0.6) is 11.5 Å². The Hall–Kier alpha value is -3.02. The van der Waals surface area contributed by atoms with E-state index in [1.165, 1.54) is 0 Å². The van der Waals surface area contributed by atoms with Gasteiger partial charge >= 0.3 is 0 Å². The van der Waals surface area contributed by atoms with Crippen LogP contribution in [0.3, 0.4) is 0 Å². The van der Waals surface area contributed by atoms with Gasteiger partial charge in [-0.3, -0.25) is 9.59 Å². The van der Waals surface area contributed by atoms with Crippen molar-refractivity contribution >= 4 is 11.8 Å². The summed E-state index contributed by atoms with van der Waals surface area (Å²) in [6.45, 7) is 10.6. The zero-order valence-corrected chi connectivity index (χ0v) is 17.8. The van der Waals surface area contributed by atoms with Crippen molar-refractivity contribution in [1.29, 1.82) is 0 Å². The number of carbonyl (C=O) groups excluding carboxylic acids is 2. The lowest BCUT2D eigenvalue weighted by molar-refractivity contribution is -0.120. The highest BCUT2D eigenvalue weighted by Gasteiger charge is 2.14. The fraction of sp³-hybridized carbons (Fsp3) is 0.391. The summed E-state index contributed by atoms with van der Waals surface area (Å²) in [5.41, 5.74) is 3.60. The van der Waals surface area contributed by atoms with Crippen molar-refractivity contribution in [3.8, 4) is 11.5 Å². The average molecular weight is 399 g/mol. The molecule has 1 atom stereocenters. The Kier molecular flexibility index (Phi) is 8.07. The molecule has 2 aromatic rings. The summed E-state index contributed by atoms with van der Waals surface area (Å²) < 4.78 is 11.2. The Morgan fingerprint density at radius 2 is 1.62 bits per heavy atom. The predicted octanol–water partition coefficient (Wildman–Crippen LogP) is 3.71. The first kappa shape index (κ1) is 22.3. The van der Waals surface area contributed by atoms with Crippen molar-refractivity contribution in [2.45, 2.75) is 40.7 Å². The van der Waals surface area contributed by atoms with Gasteiger partial charge < -0.3 is 20.1 Å². The zero-order valence-electron chi connectivity index (χ0n) is 17.8. The lowest BCUT2D eigenvalue weighted by Crippen LogP contribution is -2.38. The molecule has 6 nitrogen and oxygen atoms in total. The minimum atomic E-state index is -0.268. The van der Waals surface area contributed by atoms with Gasteiger partial charge in [-0.1, -0.05) is 12.1 Å². The minimum absolute atomic E-state index is 0.0918. The Morgan fingerprint density at radius 1 is 0.931 bits per heavy atom. The highest BCUT2D eigenvalue weighted by Crippen LogP contribution is 2.30. The maximum Gasteiger partial charge on any atom is 0.251 e. The van der Waals surface area contributed by atoms with Gasteiger partial charge in [0.05, 0.1) is 25.8 Å². The molecular weight excluding hydrogens is 368 g/mol. The molecule has 2 rings (SSSR count). The van der Waals surface area contributed by atoms with E-state index in [2.05, 4.69) is 10.6 Å². The van der Waals surface area contributed by atoms with E-state index in [1.807, 2.05) is 65.0 Å². The van der Waals surface area contributed by atoms with Crippen LogP contribution >= 0.6 is 0 Å². The molecule has 0 saturated heterocycles. The molecule has 156 valence electrons. The molecule has 1 unspecified atom stereocenters. The second-order valence-corrected chi connectivity index (χ2v) is 6.84. The number of ether oxygens (including phenoxy) is 2. The van der Waals surface area contributed by atoms with Gasteiger partial charge in [0.2, 0.25) is 5.91 Å². The SMILES string of the molecule is CCOc1ccc(C(C)NC(=O)CNC(=O)c2ccc(C)c(C)c2)cc1OCC. The van der Waals surface area contributed by atoms with Crippen molar-refractivity contribution in [2.24, 2.45) is 0 Å². The molecule has 2 aromatic carbocycles. The zero-order chi connectivity index (χ0) is 21.4. The summed E-state index contributed by atoms with van der Waals surface area (Å²) in [7, 11) is 0. The standard InChI is InChI=1S/C23H30N2O4/c1-6-28-20-11-10-18(13-21(20)29-7-2)17(5)25-22(26)14-24-23(27)19-9-8-15(3)16(4)12-19/h8-13,17H,6-7,14H2,1-5H3,(H,24,27)(H,25,26). The third-order valence-electron chi connectivity index (χ3n) is 4.62. The molecular formula is C23H30N2O4. The van der Waals surface area contributed by atoms with E-state index in [0.29, 0.717) is 30.3 Å². The van der Waals surface area contributed by atoms with E-state index >= 15 is 0 Å². The van der Waals surface area contributed by atoms with Crippen LogP contribution in [0.1, 0.15) is 53.9 Å². The largest absolute Gasteiger partial charge is 0.490 e. The fourth-order valence-corrected chi connectivity index (χ4v) is 2.86. The molecule has 0 fully saturated rings. The van der Waals surface area contributed by atoms with Crippen LogP contribution in [0.25, 0.3) is 0 Å². The first-order chi connectivity index (χ1) is 13.8. The van der Waals surface area contributed by atoms with E-state index in [1.54, 1.807) is 6.07 Å². The molecule has 0 aliphatic heterocycles. The second kappa shape index (κ2) is 10.5. The maximum atomic E-state index is 12.3. The molecule has 2 amide bonds. The highest BCUT2D eigenvalue weighted by atomic mass is 16.5. The molecule has 0 heterocycles. The van der Waals surface area contributed by atoms with Gasteiger partial charge in [-0.25, -0.2) is 0 Å². The van der Waals surface area contributed by atoms with Crippen molar-refractivity contribution in [2.75, 3.05) is 19.8 Å². The van der Waals surface area contributed by atoms with Crippen LogP contribution in [-0.4, -0.2) is 31.6 Å². The molecule has 0 aliphatic carbocycles. The molecule has 2 N–H and O–H groups in total. The lowest BCUT2D eigenvalue weighted by Gasteiger charge is -2.18. The Morgan fingerprint density at radius 3 is 2.28 bits per heavy atom. The Balaban J connectivity index is 1.95. The predicted molar refractivity (Wildman–Crippen MR) is 114 cm³/mol. The highest BCUT2D eigenvalue weighted by molar-refractivity contribution is 5.96. The van der Waals surface area contributed by atoms with Gasteiger partial charge in [0.25, 0.3) is 5.91 Å². The molecule has 6 heteroatoms. The molecule has 29 heavy (non-hydrogen) atoms. The van der Waals surface area contributed by atoms with Crippen LogP contribution in [-0.2, 0) is 4.79 Å². The van der Waals surface area contributed by atoms with E-state index < -0.39 is 0 Å². The van der Waals surface area contributed by atoms with Crippen molar-refractivity contribution in [1.82, 2.24) is 10.6 Å². The van der Waals surface area contributed by atoms with E-state index in [0.717, 1.165) is 16.7 Å². The third kappa shape index (κ3) is 6.24. The van der Waals surface area contributed by atoms with E-state index in [4.69, 9.17) is 9.47 Å². The molecule has 0 aliphatic rings. The monoisotopic (exact) mass is 398 g/mol. The van der Waals surface area contributed by atoms with E-state index in [-0.39, 0.29) is 24.4 Å². The maximum absolute atomic E-state index is 12.3. The summed E-state index contributed by atoms with van der Waals surface area (Å²) in [4.78, 5) is 24.5. The number of amides is 2. The molecule has 0 bridgehead atoms. The number of rotatable bonds is 9. The van der Waals surface area contributed by atoms with Crippen LogP contribution < -0.4 is 20.1 Å². The van der Waals surface area contributed by atoms with Crippen LogP contribution in [0.15, 0.2) is 36.4 Å². The summed E-state index contributed by atoms with van der Waals surface area (Å²) in [5, 5.41) is 5.56. The van der Waals surface area contributed by atoms with Gasteiger partial charge in [0, 0.05) is 5.56 Å². The topological polar surface area (TPSA) is 76.7 Å². The lowest BCUT2D eigenvalue weighted by atomic mass is 10.1. The number of hydrogen-bond acceptors (Lipinski definition) is 4. The minimum Gasteiger partial charge on any atom is -0.490 e. The van der Waals surface area contributed by atoms with Gasteiger partial charge in [-0.2, -0.15) is 0 Å². The number of aryl methyl sites for hydroxylation is 2. The van der Waals surface area contributed by atoms with Crippen LogP contribution in [0, 0.1) is 13.8 Å². The molecule has 0 saturated carbocycles. The first-order valence-electron chi connectivity index (χ1n) is 9.90. The molecule has 0 radical (unpaired) electrons. The summed E-state index contributed by atoms with van der Waals surface area (Å²) in [6.07, 6.45) is 0. The quantitative estimate of drug-likeness (QED) is 0.675. The van der Waals surface area contributed by atoms with Crippen molar-refractivity contribution in [3.05, 3.63) is 58.7 Å². The number of hydrogen-bond donors (Lipinski definition) is 2. The fourth-order valence-electron chi connectivity index (χ4n) is 2.86. The van der Waals surface area contributed by atoms with Gasteiger partial charge in [-0.05, 0) is 75.6 Å². The van der Waals surface area contributed by atoms with E-state index in [9.17, 15) is 9.59 Å². The Labute approximate surface area is 172 Å².